The zero-order valence-electron chi connectivity index (χ0n) is 6.30. The van der Waals surface area contributed by atoms with Crippen LogP contribution < -0.4 is 0 Å². The molecule has 0 saturated carbocycles. The van der Waals surface area contributed by atoms with Gasteiger partial charge in [-0.25, -0.2) is 0 Å². The lowest BCUT2D eigenvalue weighted by Gasteiger charge is -2.24. The molecule has 2 nitrogen and oxygen atoms in total. The second-order valence-electron chi connectivity index (χ2n) is 2.37. The minimum atomic E-state index is 0.318. The molecule has 1 heterocycles. The van der Waals surface area contributed by atoms with Crippen LogP contribution in [0.2, 0.25) is 0 Å². The van der Waals surface area contributed by atoms with E-state index in [1.807, 2.05) is 4.31 Å². The Labute approximate surface area is 66.1 Å². The fourth-order valence-electron chi connectivity index (χ4n) is 1.07. The van der Waals surface area contributed by atoms with Gasteiger partial charge in [0.1, 0.15) is 0 Å². The summed E-state index contributed by atoms with van der Waals surface area (Å²) in [6.45, 7) is 3.03. The Morgan fingerprint density at radius 3 is 3.00 bits per heavy atom. The van der Waals surface area contributed by atoms with Crippen LogP contribution in [0.15, 0.2) is 0 Å². The summed E-state index contributed by atoms with van der Waals surface area (Å²) in [6.07, 6.45) is 3.02. The summed E-state index contributed by atoms with van der Waals surface area (Å²) in [4.78, 5) is 11.1. The molecule has 0 aliphatic carbocycles. The molecular formula is C7H13NOS. The average Bonchev–Trinajstić information content (AvgIpc) is 1.94. The Balaban J connectivity index is 2.32. The van der Waals surface area contributed by atoms with Crippen molar-refractivity contribution < 1.29 is 4.79 Å². The first-order chi connectivity index (χ1) is 4.84. The van der Waals surface area contributed by atoms with Gasteiger partial charge >= 0.3 is 0 Å². The number of carbonyl (C=O) groups excluding carboxylic acids is 1. The summed E-state index contributed by atoms with van der Waals surface area (Å²) in [5, 5.41) is 0. The van der Waals surface area contributed by atoms with Crippen LogP contribution in [0.5, 0.6) is 0 Å². The molecule has 0 aromatic rings. The normalized spacial score (nSPS) is 19.7. The molecule has 58 valence electrons. The van der Waals surface area contributed by atoms with E-state index in [0.717, 1.165) is 25.1 Å². The lowest BCUT2D eigenvalue weighted by atomic mass is 10.2. The van der Waals surface area contributed by atoms with Gasteiger partial charge in [0.05, 0.1) is 0 Å². The number of hydrogen-bond acceptors (Lipinski definition) is 2. The summed E-state index contributed by atoms with van der Waals surface area (Å²) in [5.74, 6) is 1.32. The van der Waals surface area contributed by atoms with Crippen LogP contribution in [-0.4, -0.2) is 22.5 Å². The zero-order chi connectivity index (χ0) is 7.40. The molecule has 1 fully saturated rings. The second-order valence-corrected chi connectivity index (χ2v) is 3.65. The minimum Gasteiger partial charge on any atom is -0.286 e. The highest BCUT2D eigenvalue weighted by Crippen LogP contribution is 2.18. The van der Waals surface area contributed by atoms with Gasteiger partial charge in [0.15, 0.2) is 0 Å². The number of rotatable bonds is 2. The van der Waals surface area contributed by atoms with Gasteiger partial charge < -0.3 is 0 Å². The minimum absolute atomic E-state index is 0.318. The standard InChI is InChI=1S/C7H13NOS/c1-2-10-8-6-4-3-5-7(8)9/h2-6H2,1H3. The van der Waals surface area contributed by atoms with Crippen molar-refractivity contribution in [3.8, 4) is 0 Å². The Morgan fingerprint density at radius 2 is 2.40 bits per heavy atom. The topological polar surface area (TPSA) is 20.3 Å². The molecule has 10 heavy (non-hydrogen) atoms. The van der Waals surface area contributed by atoms with Gasteiger partial charge in [0.25, 0.3) is 0 Å². The Kier molecular flexibility index (Phi) is 3.06. The monoisotopic (exact) mass is 159 g/mol. The average molecular weight is 159 g/mol. The summed E-state index contributed by atoms with van der Waals surface area (Å²) in [7, 11) is 0. The molecule has 1 saturated heterocycles. The lowest BCUT2D eigenvalue weighted by molar-refractivity contribution is -0.127. The summed E-state index contributed by atoms with van der Waals surface area (Å²) < 4.78 is 1.89. The van der Waals surface area contributed by atoms with E-state index in [2.05, 4.69) is 6.92 Å². The molecule has 1 aliphatic rings. The van der Waals surface area contributed by atoms with E-state index in [-0.39, 0.29) is 0 Å². The first-order valence-corrected chi connectivity index (χ1v) is 4.72. The van der Waals surface area contributed by atoms with Crippen LogP contribution in [0.25, 0.3) is 0 Å². The van der Waals surface area contributed by atoms with Gasteiger partial charge in [0.2, 0.25) is 5.91 Å². The first kappa shape index (κ1) is 7.92. The Morgan fingerprint density at radius 1 is 1.60 bits per heavy atom. The van der Waals surface area contributed by atoms with E-state index in [9.17, 15) is 4.79 Å². The Bertz CT molecular complexity index is 125. The molecule has 1 rings (SSSR count). The summed E-state index contributed by atoms with van der Waals surface area (Å²) >= 11 is 1.64. The van der Waals surface area contributed by atoms with Crippen LogP contribution in [0.3, 0.4) is 0 Å². The molecule has 0 atom stereocenters. The highest BCUT2D eigenvalue weighted by molar-refractivity contribution is 7.97. The number of nitrogens with zero attached hydrogens (tertiary/aromatic N) is 1. The molecular weight excluding hydrogens is 146 g/mol. The maximum Gasteiger partial charge on any atom is 0.232 e. The highest BCUT2D eigenvalue weighted by atomic mass is 32.2. The molecule has 1 amide bonds. The number of hydrogen-bond donors (Lipinski definition) is 0. The van der Waals surface area contributed by atoms with E-state index >= 15 is 0 Å². The van der Waals surface area contributed by atoms with Crippen molar-refractivity contribution in [3.05, 3.63) is 0 Å². The van der Waals surface area contributed by atoms with Crippen LogP contribution in [-0.2, 0) is 4.79 Å². The van der Waals surface area contributed by atoms with Crippen LogP contribution >= 0.6 is 11.9 Å². The molecule has 0 N–H and O–H groups in total. The lowest BCUT2D eigenvalue weighted by Crippen LogP contribution is -2.29. The van der Waals surface area contributed by atoms with E-state index in [0.29, 0.717) is 5.91 Å². The molecule has 0 aromatic heterocycles. The van der Waals surface area contributed by atoms with Gasteiger partial charge in [-0.2, -0.15) is 0 Å². The highest BCUT2D eigenvalue weighted by Gasteiger charge is 2.16. The van der Waals surface area contributed by atoms with Gasteiger partial charge in [-0.1, -0.05) is 6.92 Å². The third-order valence-electron chi connectivity index (χ3n) is 1.56. The molecule has 0 bridgehead atoms. The molecule has 0 spiro atoms. The third-order valence-corrected chi connectivity index (χ3v) is 2.52. The smallest absolute Gasteiger partial charge is 0.232 e. The van der Waals surface area contributed by atoms with Crippen LogP contribution in [0.1, 0.15) is 26.2 Å². The summed E-state index contributed by atoms with van der Waals surface area (Å²) in [5.41, 5.74) is 0. The molecule has 1 aliphatic heterocycles. The van der Waals surface area contributed by atoms with Gasteiger partial charge in [0, 0.05) is 18.7 Å². The molecule has 0 unspecified atom stereocenters. The Hall–Kier alpha value is -0.180. The third kappa shape index (κ3) is 1.90. The van der Waals surface area contributed by atoms with E-state index in [1.165, 1.54) is 6.42 Å². The fourth-order valence-corrected chi connectivity index (χ4v) is 1.88. The number of piperidine rings is 1. The fraction of sp³-hybridized carbons (Fsp3) is 0.857. The molecule has 3 heteroatoms. The molecule has 0 radical (unpaired) electrons. The second kappa shape index (κ2) is 3.86. The summed E-state index contributed by atoms with van der Waals surface area (Å²) in [6, 6.07) is 0. The van der Waals surface area contributed by atoms with Crippen molar-refractivity contribution in [2.45, 2.75) is 26.2 Å². The van der Waals surface area contributed by atoms with E-state index in [4.69, 9.17) is 0 Å². The molecule has 0 aromatic carbocycles. The van der Waals surface area contributed by atoms with Crippen molar-refractivity contribution in [2.75, 3.05) is 12.3 Å². The quantitative estimate of drug-likeness (QED) is 0.571. The van der Waals surface area contributed by atoms with E-state index in [1.54, 1.807) is 11.9 Å². The van der Waals surface area contributed by atoms with Crippen molar-refractivity contribution >= 4 is 17.9 Å². The van der Waals surface area contributed by atoms with E-state index < -0.39 is 0 Å². The van der Waals surface area contributed by atoms with Gasteiger partial charge in [-0.3, -0.25) is 9.10 Å². The van der Waals surface area contributed by atoms with Crippen LogP contribution in [0, 0.1) is 0 Å². The van der Waals surface area contributed by atoms with Crippen molar-refractivity contribution in [1.82, 2.24) is 4.31 Å². The predicted molar refractivity (Wildman–Crippen MR) is 43.7 cm³/mol. The van der Waals surface area contributed by atoms with Crippen molar-refractivity contribution in [3.63, 3.8) is 0 Å². The number of carbonyl (C=O) groups is 1. The predicted octanol–water partition coefficient (Wildman–Crippen LogP) is 1.67. The largest absolute Gasteiger partial charge is 0.286 e. The zero-order valence-corrected chi connectivity index (χ0v) is 7.12. The van der Waals surface area contributed by atoms with Gasteiger partial charge in [-0.05, 0) is 24.8 Å². The first-order valence-electron chi connectivity index (χ1n) is 3.78. The maximum atomic E-state index is 11.1. The number of amides is 1. The maximum absolute atomic E-state index is 11.1. The SMILES string of the molecule is CCSN1CCCCC1=O. The van der Waals surface area contributed by atoms with Crippen LogP contribution in [0.4, 0.5) is 0 Å². The van der Waals surface area contributed by atoms with Crippen molar-refractivity contribution in [2.24, 2.45) is 0 Å². The van der Waals surface area contributed by atoms with Crippen molar-refractivity contribution in [1.29, 1.82) is 0 Å². The van der Waals surface area contributed by atoms with Gasteiger partial charge in [-0.15, -0.1) is 0 Å².